The van der Waals surface area contributed by atoms with Gasteiger partial charge in [0.15, 0.2) is 5.76 Å². The lowest BCUT2D eigenvalue weighted by Crippen LogP contribution is -2.39. The van der Waals surface area contributed by atoms with Gasteiger partial charge < -0.3 is 8.94 Å². The molecule has 142 valence electrons. The van der Waals surface area contributed by atoms with Crippen molar-refractivity contribution >= 4 is 26.0 Å². The number of rotatable bonds is 4. The molecule has 0 amide bonds. The molecule has 1 aromatic carbocycles. The Morgan fingerprint density at radius 2 is 1.96 bits per heavy atom. The molecule has 1 aliphatic heterocycles. The Hall–Kier alpha value is -1.97. The number of benzene rings is 1. The number of piperidine rings is 1. The van der Waals surface area contributed by atoms with E-state index in [0.717, 1.165) is 23.1 Å². The van der Waals surface area contributed by atoms with Crippen LogP contribution in [-0.4, -0.2) is 36.0 Å². The van der Waals surface area contributed by atoms with E-state index in [1.807, 2.05) is 13.0 Å². The average molecular weight is 452 g/mol. The van der Waals surface area contributed by atoms with Crippen LogP contribution >= 0.6 is 15.9 Å². The highest BCUT2D eigenvalue weighted by Crippen LogP contribution is 2.31. The van der Waals surface area contributed by atoms with Crippen molar-refractivity contribution in [2.45, 2.75) is 30.6 Å². The van der Waals surface area contributed by atoms with Crippen molar-refractivity contribution in [1.29, 1.82) is 0 Å². The van der Waals surface area contributed by atoms with E-state index in [-0.39, 0.29) is 10.8 Å². The molecule has 1 saturated heterocycles. The van der Waals surface area contributed by atoms with Crippen molar-refractivity contribution < 1.29 is 17.4 Å². The van der Waals surface area contributed by atoms with E-state index in [9.17, 15) is 8.42 Å². The van der Waals surface area contributed by atoms with Gasteiger partial charge in [-0.25, -0.2) is 8.42 Å². The van der Waals surface area contributed by atoms with Crippen LogP contribution in [0.1, 0.15) is 30.4 Å². The summed E-state index contributed by atoms with van der Waals surface area (Å²) in [5.41, 5.74) is 0. The van der Waals surface area contributed by atoms with Gasteiger partial charge in [-0.1, -0.05) is 21.1 Å². The first kappa shape index (κ1) is 18.4. The van der Waals surface area contributed by atoms with Crippen LogP contribution < -0.4 is 0 Å². The summed E-state index contributed by atoms with van der Waals surface area (Å²) in [6, 6.07) is 10.3. The molecule has 3 aromatic rings. The monoisotopic (exact) mass is 451 g/mol. The number of sulfonamides is 1. The summed E-state index contributed by atoms with van der Waals surface area (Å²) in [6.07, 6.45) is 1.53. The van der Waals surface area contributed by atoms with Gasteiger partial charge in [-0.2, -0.15) is 9.29 Å². The fourth-order valence-corrected chi connectivity index (χ4v) is 4.96. The lowest BCUT2D eigenvalue weighted by Gasteiger charge is -2.30. The topological polar surface area (TPSA) is 89.4 Å². The summed E-state index contributed by atoms with van der Waals surface area (Å²) >= 11 is 3.33. The molecule has 2 aromatic heterocycles. The molecule has 1 aliphatic rings. The SMILES string of the molecule is Cc1ccc(-c2noc([C@@H]3CCCN(S(=O)(=O)c4ccc(Br)cc4)C3)n2)o1. The third-order valence-electron chi connectivity index (χ3n) is 4.59. The summed E-state index contributed by atoms with van der Waals surface area (Å²) in [6.45, 7) is 2.64. The molecule has 1 atom stereocenters. The standard InChI is InChI=1S/C18H18BrN3O4S/c1-12-4-9-16(25-12)17-20-18(26-21-17)13-3-2-10-22(11-13)27(23,24)15-7-5-14(19)6-8-15/h4-9,13H,2-3,10-11H2,1H3/t13-/m1/s1. The summed E-state index contributed by atoms with van der Waals surface area (Å²) in [5, 5.41) is 3.98. The molecule has 0 unspecified atom stereocenters. The quantitative estimate of drug-likeness (QED) is 0.595. The highest BCUT2D eigenvalue weighted by Gasteiger charge is 2.33. The number of aryl methyl sites for hydroxylation is 1. The van der Waals surface area contributed by atoms with Crippen LogP contribution in [-0.2, 0) is 10.0 Å². The number of nitrogens with zero attached hydrogens (tertiary/aromatic N) is 3. The van der Waals surface area contributed by atoms with Crippen LogP contribution in [0.2, 0.25) is 0 Å². The molecule has 0 radical (unpaired) electrons. The van der Waals surface area contributed by atoms with Crippen LogP contribution in [0.3, 0.4) is 0 Å². The van der Waals surface area contributed by atoms with E-state index >= 15 is 0 Å². The predicted octanol–water partition coefficient (Wildman–Crippen LogP) is 3.97. The van der Waals surface area contributed by atoms with Gasteiger partial charge in [-0.15, -0.1) is 0 Å². The third-order valence-corrected chi connectivity index (χ3v) is 7.00. The molecule has 27 heavy (non-hydrogen) atoms. The Bertz CT molecular complexity index is 1040. The van der Waals surface area contributed by atoms with Crippen molar-refractivity contribution in [3.8, 4) is 11.6 Å². The van der Waals surface area contributed by atoms with Crippen molar-refractivity contribution in [1.82, 2.24) is 14.4 Å². The molecular weight excluding hydrogens is 434 g/mol. The largest absolute Gasteiger partial charge is 0.458 e. The Morgan fingerprint density at radius 3 is 2.67 bits per heavy atom. The zero-order valence-electron chi connectivity index (χ0n) is 14.6. The molecule has 0 saturated carbocycles. The number of aromatic nitrogens is 2. The van der Waals surface area contributed by atoms with Gasteiger partial charge in [-0.05, 0) is 56.2 Å². The van der Waals surface area contributed by atoms with Crippen LogP contribution in [0.15, 0.2) is 54.7 Å². The van der Waals surface area contributed by atoms with Gasteiger partial charge in [-0.3, -0.25) is 0 Å². The Labute approximate surface area is 165 Å². The second-order valence-electron chi connectivity index (χ2n) is 6.52. The molecular formula is C18H18BrN3O4S. The number of hydrogen-bond donors (Lipinski definition) is 0. The number of halogens is 1. The van der Waals surface area contributed by atoms with E-state index in [2.05, 4.69) is 26.1 Å². The maximum atomic E-state index is 12.9. The van der Waals surface area contributed by atoms with Crippen molar-refractivity contribution in [3.63, 3.8) is 0 Å². The first-order chi connectivity index (χ1) is 12.9. The molecule has 9 heteroatoms. The maximum Gasteiger partial charge on any atom is 0.243 e. The zero-order chi connectivity index (χ0) is 19.0. The fourth-order valence-electron chi connectivity index (χ4n) is 3.17. The van der Waals surface area contributed by atoms with Crippen LogP contribution in [0.5, 0.6) is 0 Å². The second kappa shape index (κ2) is 7.21. The number of hydrogen-bond acceptors (Lipinski definition) is 6. The first-order valence-corrected chi connectivity index (χ1v) is 10.8. The van der Waals surface area contributed by atoms with E-state index in [1.165, 1.54) is 4.31 Å². The molecule has 0 N–H and O–H groups in total. The Kier molecular flexibility index (Phi) is 4.92. The summed E-state index contributed by atoms with van der Waals surface area (Å²) in [5.74, 6) is 1.99. The predicted molar refractivity (Wildman–Crippen MR) is 102 cm³/mol. The Balaban J connectivity index is 1.54. The minimum Gasteiger partial charge on any atom is -0.458 e. The van der Waals surface area contributed by atoms with E-state index in [1.54, 1.807) is 30.3 Å². The van der Waals surface area contributed by atoms with Gasteiger partial charge in [0.25, 0.3) is 0 Å². The van der Waals surface area contributed by atoms with Gasteiger partial charge >= 0.3 is 0 Å². The van der Waals surface area contributed by atoms with E-state index in [0.29, 0.717) is 30.6 Å². The summed E-state index contributed by atoms with van der Waals surface area (Å²) < 4.78 is 39.1. The lowest BCUT2D eigenvalue weighted by atomic mass is 10.00. The normalized spacial score (nSPS) is 18.7. The van der Waals surface area contributed by atoms with Crippen molar-refractivity contribution in [2.24, 2.45) is 0 Å². The molecule has 0 bridgehead atoms. The van der Waals surface area contributed by atoms with Crippen molar-refractivity contribution in [2.75, 3.05) is 13.1 Å². The van der Waals surface area contributed by atoms with Crippen LogP contribution in [0, 0.1) is 6.92 Å². The van der Waals surface area contributed by atoms with E-state index in [4.69, 9.17) is 8.94 Å². The van der Waals surface area contributed by atoms with Crippen LogP contribution in [0.4, 0.5) is 0 Å². The highest BCUT2D eigenvalue weighted by atomic mass is 79.9. The Morgan fingerprint density at radius 1 is 1.19 bits per heavy atom. The zero-order valence-corrected chi connectivity index (χ0v) is 17.0. The lowest BCUT2D eigenvalue weighted by molar-refractivity contribution is 0.265. The second-order valence-corrected chi connectivity index (χ2v) is 9.38. The van der Waals surface area contributed by atoms with Gasteiger partial charge in [0.05, 0.1) is 10.8 Å². The minimum atomic E-state index is -3.56. The molecule has 3 heterocycles. The molecule has 4 rings (SSSR count). The average Bonchev–Trinajstić information content (AvgIpc) is 3.31. The van der Waals surface area contributed by atoms with Gasteiger partial charge in [0.2, 0.25) is 21.7 Å². The van der Waals surface area contributed by atoms with Crippen molar-refractivity contribution in [3.05, 3.63) is 52.5 Å². The molecule has 0 aliphatic carbocycles. The molecule has 0 spiro atoms. The smallest absolute Gasteiger partial charge is 0.243 e. The van der Waals surface area contributed by atoms with E-state index < -0.39 is 10.0 Å². The third kappa shape index (κ3) is 3.71. The summed E-state index contributed by atoms with van der Waals surface area (Å²) in [4.78, 5) is 4.70. The van der Waals surface area contributed by atoms with Gasteiger partial charge in [0, 0.05) is 17.6 Å². The summed E-state index contributed by atoms with van der Waals surface area (Å²) in [7, 11) is -3.56. The maximum absolute atomic E-state index is 12.9. The fraction of sp³-hybridized carbons (Fsp3) is 0.333. The number of furan rings is 1. The molecule has 7 nitrogen and oxygen atoms in total. The first-order valence-electron chi connectivity index (χ1n) is 8.59. The van der Waals surface area contributed by atoms with Gasteiger partial charge in [0.1, 0.15) is 5.76 Å². The minimum absolute atomic E-state index is 0.138. The van der Waals surface area contributed by atoms with Crippen LogP contribution in [0.25, 0.3) is 11.6 Å². The molecule has 1 fully saturated rings. The highest BCUT2D eigenvalue weighted by molar-refractivity contribution is 9.10.